The quantitative estimate of drug-likeness (QED) is 0.329. The third kappa shape index (κ3) is 4.84. The summed E-state index contributed by atoms with van der Waals surface area (Å²) >= 11 is 0. The SMILES string of the molecule is CC(C)=CCCC(C)=CCc1c(O)c2c(c3oc(-c4cc(O)cc(O)c4)cc13)C=CC(C)(C)O2. The maximum atomic E-state index is 11.3. The maximum Gasteiger partial charge on any atom is 0.173 e. The van der Waals surface area contributed by atoms with E-state index in [0.29, 0.717) is 34.6 Å². The van der Waals surface area contributed by atoms with Crippen LogP contribution in [0.15, 0.2) is 58.1 Å². The van der Waals surface area contributed by atoms with Crippen molar-refractivity contribution in [3.8, 4) is 34.3 Å². The molecule has 0 amide bonds. The topological polar surface area (TPSA) is 83.1 Å². The van der Waals surface area contributed by atoms with Gasteiger partial charge in [-0.25, -0.2) is 0 Å². The molecule has 1 aliphatic rings. The zero-order valence-electron chi connectivity index (χ0n) is 20.4. The van der Waals surface area contributed by atoms with Crippen LogP contribution in [0.4, 0.5) is 0 Å². The molecule has 0 atom stereocenters. The zero-order valence-corrected chi connectivity index (χ0v) is 20.4. The minimum atomic E-state index is -0.558. The number of benzene rings is 2. The van der Waals surface area contributed by atoms with Crippen molar-refractivity contribution in [1.29, 1.82) is 0 Å². The minimum Gasteiger partial charge on any atom is -0.508 e. The minimum absolute atomic E-state index is 0.0551. The number of allylic oxidation sites excluding steroid dienone is 4. The van der Waals surface area contributed by atoms with Crippen molar-refractivity contribution < 1.29 is 24.5 Å². The monoisotopic (exact) mass is 460 g/mol. The highest BCUT2D eigenvalue weighted by atomic mass is 16.5. The van der Waals surface area contributed by atoms with Gasteiger partial charge in [0.25, 0.3) is 0 Å². The van der Waals surface area contributed by atoms with E-state index in [0.717, 1.165) is 23.8 Å². The summed E-state index contributed by atoms with van der Waals surface area (Å²) in [5.41, 5.74) is 4.53. The van der Waals surface area contributed by atoms with E-state index in [9.17, 15) is 15.3 Å². The molecule has 4 rings (SSSR count). The lowest BCUT2D eigenvalue weighted by Crippen LogP contribution is -2.27. The molecule has 0 saturated heterocycles. The Labute approximate surface area is 200 Å². The van der Waals surface area contributed by atoms with Crippen molar-refractivity contribution in [3.05, 3.63) is 64.8 Å². The number of rotatable bonds is 6. The Morgan fingerprint density at radius 3 is 2.35 bits per heavy atom. The highest BCUT2D eigenvalue weighted by molar-refractivity contribution is 5.97. The van der Waals surface area contributed by atoms with Crippen LogP contribution in [0.5, 0.6) is 23.0 Å². The summed E-state index contributed by atoms with van der Waals surface area (Å²) in [4.78, 5) is 0. The molecule has 0 radical (unpaired) electrons. The first-order valence-corrected chi connectivity index (χ1v) is 11.6. The average molecular weight is 461 g/mol. The molecule has 0 fully saturated rings. The van der Waals surface area contributed by atoms with E-state index in [2.05, 4.69) is 32.9 Å². The van der Waals surface area contributed by atoms with Crippen molar-refractivity contribution >= 4 is 17.0 Å². The van der Waals surface area contributed by atoms with Crippen molar-refractivity contribution in [2.75, 3.05) is 0 Å². The van der Waals surface area contributed by atoms with Gasteiger partial charge >= 0.3 is 0 Å². The Morgan fingerprint density at radius 1 is 0.971 bits per heavy atom. The van der Waals surface area contributed by atoms with Crippen LogP contribution in [0.3, 0.4) is 0 Å². The van der Waals surface area contributed by atoms with E-state index in [1.165, 1.54) is 29.3 Å². The Kier molecular flexibility index (Phi) is 6.22. The highest BCUT2D eigenvalue weighted by Gasteiger charge is 2.30. The van der Waals surface area contributed by atoms with Gasteiger partial charge in [0.15, 0.2) is 11.5 Å². The molecule has 1 aromatic heterocycles. The molecule has 3 aromatic rings. The normalized spacial score (nSPS) is 14.7. The summed E-state index contributed by atoms with van der Waals surface area (Å²) in [7, 11) is 0. The fourth-order valence-electron chi connectivity index (χ4n) is 4.20. The summed E-state index contributed by atoms with van der Waals surface area (Å²) in [5.74, 6) is 0.892. The van der Waals surface area contributed by atoms with Crippen LogP contribution in [-0.2, 0) is 6.42 Å². The van der Waals surface area contributed by atoms with Gasteiger partial charge in [0.2, 0.25) is 0 Å². The van der Waals surface area contributed by atoms with Crippen molar-refractivity contribution in [1.82, 2.24) is 0 Å². The number of phenolic OH excluding ortho intramolecular Hbond substituents is 3. The molecular weight excluding hydrogens is 428 g/mol. The molecule has 178 valence electrons. The van der Waals surface area contributed by atoms with Crippen LogP contribution >= 0.6 is 0 Å². The lowest BCUT2D eigenvalue weighted by molar-refractivity contribution is 0.152. The average Bonchev–Trinajstić information content (AvgIpc) is 3.17. The Balaban J connectivity index is 1.84. The fourth-order valence-corrected chi connectivity index (χ4v) is 4.20. The second-order valence-corrected chi connectivity index (χ2v) is 9.78. The molecule has 0 spiro atoms. The largest absolute Gasteiger partial charge is 0.508 e. The standard InChI is InChI=1S/C29H32O5/c1-17(2)7-6-8-18(3)9-10-22-24-16-25(19-13-20(30)15-21(31)14-19)33-27(24)23-11-12-29(4,5)34-28(23)26(22)32/h7,9,11-16,30-32H,6,8,10H2,1-5H3. The van der Waals surface area contributed by atoms with Gasteiger partial charge in [0, 0.05) is 22.6 Å². The van der Waals surface area contributed by atoms with Gasteiger partial charge < -0.3 is 24.5 Å². The smallest absolute Gasteiger partial charge is 0.173 e. The summed E-state index contributed by atoms with van der Waals surface area (Å²) in [5, 5.41) is 31.9. The van der Waals surface area contributed by atoms with Gasteiger partial charge in [-0.1, -0.05) is 23.3 Å². The van der Waals surface area contributed by atoms with Gasteiger partial charge in [0.05, 0.1) is 5.56 Å². The Morgan fingerprint density at radius 2 is 1.68 bits per heavy atom. The molecule has 0 unspecified atom stereocenters. The summed E-state index contributed by atoms with van der Waals surface area (Å²) in [6, 6.07) is 6.18. The van der Waals surface area contributed by atoms with Crippen molar-refractivity contribution in [2.45, 2.75) is 59.5 Å². The molecule has 0 saturated carbocycles. The number of aromatic hydroxyl groups is 3. The summed E-state index contributed by atoms with van der Waals surface area (Å²) in [6.07, 6.45) is 10.7. The van der Waals surface area contributed by atoms with Crippen LogP contribution in [0.2, 0.25) is 0 Å². The lowest BCUT2D eigenvalue weighted by Gasteiger charge is -2.29. The summed E-state index contributed by atoms with van der Waals surface area (Å²) < 4.78 is 12.4. The first-order chi connectivity index (χ1) is 16.0. The first-order valence-electron chi connectivity index (χ1n) is 11.6. The molecule has 5 heteroatoms. The molecule has 1 aliphatic heterocycles. The van der Waals surface area contributed by atoms with Gasteiger partial charge in [-0.05, 0) is 84.2 Å². The second kappa shape index (κ2) is 8.98. The van der Waals surface area contributed by atoms with E-state index >= 15 is 0 Å². The molecule has 2 heterocycles. The number of fused-ring (bicyclic) bond motifs is 3. The predicted molar refractivity (Wildman–Crippen MR) is 137 cm³/mol. The van der Waals surface area contributed by atoms with E-state index in [1.807, 2.05) is 32.1 Å². The van der Waals surface area contributed by atoms with E-state index in [1.54, 1.807) is 0 Å². The molecular formula is C29H32O5. The maximum absolute atomic E-state index is 11.3. The van der Waals surface area contributed by atoms with Gasteiger partial charge in [-0.2, -0.15) is 0 Å². The first kappa shape index (κ1) is 23.6. The van der Waals surface area contributed by atoms with Crippen LogP contribution in [0.25, 0.3) is 28.4 Å². The number of hydrogen-bond donors (Lipinski definition) is 3. The number of ether oxygens (including phenoxy) is 1. The van der Waals surface area contributed by atoms with E-state index in [4.69, 9.17) is 9.15 Å². The number of furan rings is 1. The lowest BCUT2D eigenvalue weighted by atomic mass is 9.95. The van der Waals surface area contributed by atoms with Crippen LogP contribution in [-0.4, -0.2) is 20.9 Å². The van der Waals surface area contributed by atoms with Crippen molar-refractivity contribution in [2.24, 2.45) is 0 Å². The number of phenols is 3. The van der Waals surface area contributed by atoms with Crippen LogP contribution in [0, 0.1) is 0 Å². The Bertz CT molecular complexity index is 1310. The molecule has 0 bridgehead atoms. The molecule has 2 aromatic carbocycles. The van der Waals surface area contributed by atoms with Gasteiger partial charge in [-0.15, -0.1) is 0 Å². The highest BCUT2D eigenvalue weighted by Crippen LogP contribution is 2.48. The molecule has 5 nitrogen and oxygen atoms in total. The fraction of sp³-hybridized carbons (Fsp3) is 0.310. The van der Waals surface area contributed by atoms with Crippen molar-refractivity contribution in [3.63, 3.8) is 0 Å². The van der Waals surface area contributed by atoms with E-state index in [-0.39, 0.29) is 17.2 Å². The molecule has 3 N–H and O–H groups in total. The van der Waals surface area contributed by atoms with Gasteiger partial charge in [-0.3, -0.25) is 0 Å². The summed E-state index contributed by atoms with van der Waals surface area (Å²) in [6.45, 7) is 10.2. The molecule has 34 heavy (non-hydrogen) atoms. The third-order valence-corrected chi connectivity index (χ3v) is 6.00. The van der Waals surface area contributed by atoms with Gasteiger partial charge in [0.1, 0.15) is 28.4 Å². The number of hydrogen-bond acceptors (Lipinski definition) is 5. The van der Waals surface area contributed by atoms with Crippen LogP contribution < -0.4 is 4.74 Å². The Hall–Kier alpha value is -3.60. The third-order valence-electron chi connectivity index (χ3n) is 6.00. The van der Waals surface area contributed by atoms with E-state index < -0.39 is 5.60 Å². The second-order valence-electron chi connectivity index (χ2n) is 9.78. The molecule has 0 aliphatic carbocycles. The predicted octanol–water partition coefficient (Wildman–Crippen LogP) is 7.64. The zero-order chi connectivity index (χ0) is 24.6. The van der Waals surface area contributed by atoms with Crippen LogP contribution in [0.1, 0.15) is 58.6 Å².